The van der Waals surface area contributed by atoms with E-state index in [1.807, 2.05) is 0 Å². The fourth-order valence-corrected chi connectivity index (χ4v) is 1.88. The molecule has 0 atom stereocenters. The van der Waals surface area contributed by atoms with E-state index in [-0.39, 0.29) is 11.5 Å². The van der Waals surface area contributed by atoms with E-state index in [1.165, 1.54) is 0 Å². The van der Waals surface area contributed by atoms with Crippen LogP contribution < -0.4 is 0 Å². The molecule has 66 valence electrons. The van der Waals surface area contributed by atoms with Crippen LogP contribution in [0.3, 0.4) is 0 Å². The van der Waals surface area contributed by atoms with Gasteiger partial charge in [-0.3, -0.25) is 0 Å². The maximum Gasteiger partial charge on any atom is 0.124 e. The van der Waals surface area contributed by atoms with E-state index in [4.69, 9.17) is 0 Å². The van der Waals surface area contributed by atoms with Gasteiger partial charge in [0.15, 0.2) is 0 Å². The molecule has 2 rings (SSSR count). The molecule has 0 saturated heterocycles. The molecule has 0 aromatic heterocycles. The first-order valence-corrected chi connectivity index (χ1v) is 4.58. The minimum absolute atomic E-state index is 0.167. The van der Waals surface area contributed by atoms with E-state index in [0.717, 1.165) is 4.47 Å². The first kappa shape index (κ1) is 8.38. The van der Waals surface area contributed by atoms with Gasteiger partial charge in [-0.25, -0.2) is 0 Å². The standard InChI is InChI=1S/C10H7BrO2/c11-7-4-5-8(12)6-2-1-3-9(13)10(6)7/h1-5,12-13H. The lowest BCUT2D eigenvalue weighted by Gasteiger charge is -2.04. The highest BCUT2D eigenvalue weighted by atomic mass is 79.9. The van der Waals surface area contributed by atoms with Crippen LogP contribution >= 0.6 is 15.9 Å². The summed E-state index contributed by atoms with van der Waals surface area (Å²) < 4.78 is 0.776. The second kappa shape index (κ2) is 2.92. The topological polar surface area (TPSA) is 40.5 Å². The Morgan fingerprint density at radius 1 is 0.923 bits per heavy atom. The molecule has 0 unspecified atom stereocenters. The number of hydrogen-bond acceptors (Lipinski definition) is 2. The fourth-order valence-electron chi connectivity index (χ4n) is 1.33. The van der Waals surface area contributed by atoms with Crippen LogP contribution in [0.5, 0.6) is 11.5 Å². The predicted octanol–water partition coefficient (Wildman–Crippen LogP) is 3.01. The Kier molecular flexibility index (Phi) is 1.88. The Balaban J connectivity index is 3.00. The third-order valence-corrected chi connectivity index (χ3v) is 2.61. The van der Waals surface area contributed by atoms with Gasteiger partial charge in [0.1, 0.15) is 11.5 Å². The first-order chi connectivity index (χ1) is 6.20. The summed E-state index contributed by atoms with van der Waals surface area (Å²) in [6.45, 7) is 0. The SMILES string of the molecule is Oc1ccc(Br)c2c(O)cccc12. The van der Waals surface area contributed by atoms with Crippen molar-refractivity contribution in [3.05, 3.63) is 34.8 Å². The van der Waals surface area contributed by atoms with Crippen molar-refractivity contribution in [3.8, 4) is 11.5 Å². The van der Waals surface area contributed by atoms with E-state index < -0.39 is 0 Å². The molecule has 0 fully saturated rings. The minimum atomic E-state index is 0.167. The van der Waals surface area contributed by atoms with Crippen LogP contribution in [-0.4, -0.2) is 10.2 Å². The summed E-state index contributed by atoms with van der Waals surface area (Å²) in [5.74, 6) is 0.342. The molecule has 2 nitrogen and oxygen atoms in total. The van der Waals surface area contributed by atoms with Crippen LogP contribution in [0.2, 0.25) is 0 Å². The normalized spacial score (nSPS) is 10.5. The van der Waals surface area contributed by atoms with E-state index in [2.05, 4.69) is 15.9 Å². The van der Waals surface area contributed by atoms with Crippen molar-refractivity contribution in [1.82, 2.24) is 0 Å². The second-order valence-corrected chi connectivity index (χ2v) is 3.62. The van der Waals surface area contributed by atoms with Gasteiger partial charge in [-0.15, -0.1) is 0 Å². The molecule has 0 saturated carbocycles. The third kappa shape index (κ3) is 1.25. The smallest absolute Gasteiger partial charge is 0.124 e. The largest absolute Gasteiger partial charge is 0.507 e. The number of phenolic OH excluding ortho intramolecular Hbond substituents is 2. The molecule has 0 aliphatic carbocycles. The molecule has 0 aliphatic rings. The molecule has 2 aromatic carbocycles. The molecule has 0 heterocycles. The van der Waals surface area contributed by atoms with E-state index in [9.17, 15) is 10.2 Å². The molecule has 0 amide bonds. The summed E-state index contributed by atoms with van der Waals surface area (Å²) in [5, 5.41) is 20.3. The lowest BCUT2D eigenvalue weighted by atomic mass is 10.1. The zero-order chi connectivity index (χ0) is 9.42. The van der Waals surface area contributed by atoms with Crippen LogP contribution in [0, 0.1) is 0 Å². The zero-order valence-corrected chi connectivity index (χ0v) is 8.25. The summed E-state index contributed by atoms with van der Waals surface area (Å²) in [7, 11) is 0. The van der Waals surface area contributed by atoms with Crippen molar-refractivity contribution in [2.45, 2.75) is 0 Å². The molecular weight excluding hydrogens is 232 g/mol. The summed E-state index contributed by atoms with van der Waals surface area (Å²) in [5.41, 5.74) is 0. The Bertz CT molecular complexity index is 457. The molecule has 2 N–H and O–H groups in total. The lowest BCUT2D eigenvalue weighted by molar-refractivity contribution is 0.475. The second-order valence-electron chi connectivity index (χ2n) is 2.77. The van der Waals surface area contributed by atoms with Crippen molar-refractivity contribution in [3.63, 3.8) is 0 Å². The molecule has 0 radical (unpaired) electrons. The molecule has 2 aromatic rings. The number of phenols is 2. The quantitative estimate of drug-likeness (QED) is 0.741. The highest BCUT2D eigenvalue weighted by Gasteiger charge is 2.06. The summed E-state index contributed by atoms with van der Waals surface area (Å²) >= 11 is 3.31. The Morgan fingerprint density at radius 2 is 1.69 bits per heavy atom. The fraction of sp³-hybridized carbons (Fsp3) is 0. The summed E-state index contributed by atoms with van der Waals surface area (Å²) in [4.78, 5) is 0. The molecular formula is C10H7BrO2. The molecule has 0 bridgehead atoms. The van der Waals surface area contributed by atoms with Gasteiger partial charge in [0.2, 0.25) is 0 Å². The number of rotatable bonds is 0. The van der Waals surface area contributed by atoms with Crippen molar-refractivity contribution in [1.29, 1.82) is 0 Å². The Hall–Kier alpha value is -1.22. The monoisotopic (exact) mass is 238 g/mol. The summed E-state index contributed by atoms with van der Waals surface area (Å²) in [6, 6.07) is 8.34. The lowest BCUT2D eigenvalue weighted by Crippen LogP contribution is -1.76. The number of benzene rings is 2. The van der Waals surface area contributed by atoms with Crippen LogP contribution in [-0.2, 0) is 0 Å². The average molecular weight is 239 g/mol. The van der Waals surface area contributed by atoms with Crippen LogP contribution in [0.15, 0.2) is 34.8 Å². The van der Waals surface area contributed by atoms with Gasteiger partial charge in [-0.2, -0.15) is 0 Å². The van der Waals surface area contributed by atoms with Gasteiger partial charge < -0.3 is 10.2 Å². The zero-order valence-electron chi connectivity index (χ0n) is 6.66. The molecule has 13 heavy (non-hydrogen) atoms. The van der Waals surface area contributed by atoms with Crippen LogP contribution in [0.4, 0.5) is 0 Å². The van der Waals surface area contributed by atoms with Gasteiger partial charge in [0, 0.05) is 15.2 Å². The van der Waals surface area contributed by atoms with E-state index in [1.54, 1.807) is 30.3 Å². The maximum absolute atomic E-state index is 9.54. The summed E-state index contributed by atoms with van der Waals surface area (Å²) in [6.07, 6.45) is 0. The van der Waals surface area contributed by atoms with Crippen molar-refractivity contribution in [2.24, 2.45) is 0 Å². The molecule has 3 heteroatoms. The number of hydrogen-bond donors (Lipinski definition) is 2. The van der Waals surface area contributed by atoms with E-state index in [0.29, 0.717) is 10.8 Å². The third-order valence-electron chi connectivity index (χ3n) is 1.94. The van der Waals surface area contributed by atoms with Crippen LogP contribution in [0.1, 0.15) is 0 Å². The molecule has 0 aliphatic heterocycles. The number of aromatic hydroxyl groups is 2. The van der Waals surface area contributed by atoms with Gasteiger partial charge in [0.05, 0.1) is 0 Å². The van der Waals surface area contributed by atoms with Crippen molar-refractivity contribution < 1.29 is 10.2 Å². The highest BCUT2D eigenvalue weighted by molar-refractivity contribution is 9.10. The predicted molar refractivity (Wildman–Crippen MR) is 55.0 cm³/mol. The van der Waals surface area contributed by atoms with Gasteiger partial charge in [-0.05, 0) is 18.2 Å². The highest BCUT2D eigenvalue weighted by Crippen LogP contribution is 2.36. The van der Waals surface area contributed by atoms with Gasteiger partial charge in [-0.1, -0.05) is 28.1 Å². The van der Waals surface area contributed by atoms with Gasteiger partial charge in [0.25, 0.3) is 0 Å². The molecule has 0 spiro atoms. The van der Waals surface area contributed by atoms with Gasteiger partial charge >= 0.3 is 0 Å². The number of halogens is 1. The van der Waals surface area contributed by atoms with E-state index >= 15 is 0 Å². The Labute approximate surface area is 83.6 Å². The number of fused-ring (bicyclic) bond motifs is 1. The average Bonchev–Trinajstić information content (AvgIpc) is 2.12. The maximum atomic E-state index is 9.54. The Morgan fingerprint density at radius 3 is 2.38 bits per heavy atom. The van der Waals surface area contributed by atoms with Crippen molar-refractivity contribution in [2.75, 3.05) is 0 Å². The first-order valence-electron chi connectivity index (χ1n) is 3.79. The van der Waals surface area contributed by atoms with Crippen molar-refractivity contribution >= 4 is 26.7 Å². The minimum Gasteiger partial charge on any atom is -0.507 e. The van der Waals surface area contributed by atoms with Crippen LogP contribution in [0.25, 0.3) is 10.8 Å².